The number of para-hydroxylation sites is 2. The van der Waals surface area contributed by atoms with Gasteiger partial charge in [-0.25, -0.2) is 12.7 Å². The minimum atomic E-state index is -3.53. The average Bonchev–Trinajstić information content (AvgIpc) is 2.74. The molecule has 30 heavy (non-hydrogen) atoms. The largest absolute Gasteiger partial charge is 0.493 e. The van der Waals surface area contributed by atoms with E-state index < -0.39 is 10.0 Å². The van der Waals surface area contributed by atoms with E-state index in [9.17, 15) is 8.42 Å². The second-order valence-corrected chi connectivity index (χ2v) is 8.90. The Hall–Kier alpha value is -2.78. The zero-order valence-corrected chi connectivity index (χ0v) is 18.9. The van der Waals surface area contributed by atoms with Crippen LogP contribution in [-0.4, -0.2) is 59.6 Å². The van der Waals surface area contributed by atoms with E-state index in [-0.39, 0.29) is 11.0 Å². The summed E-state index contributed by atoms with van der Waals surface area (Å²) >= 11 is 0. The summed E-state index contributed by atoms with van der Waals surface area (Å²) in [6, 6.07) is 14.4. The van der Waals surface area contributed by atoms with Gasteiger partial charge in [0, 0.05) is 27.7 Å². The summed E-state index contributed by atoms with van der Waals surface area (Å²) in [7, 11) is 2.76. The number of sulfonamides is 1. The zero-order chi connectivity index (χ0) is 22.1. The van der Waals surface area contributed by atoms with Crippen molar-refractivity contribution in [1.29, 1.82) is 0 Å². The summed E-state index contributed by atoms with van der Waals surface area (Å²) in [5.41, 5.74) is 0.660. The highest BCUT2D eigenvalue weighted by molar-refractivity contribution is 7.89. The van der Waals surface area contributed by atoms with Gasteiger partial charge in [-0.05, 0) is 30.7 Å². The number of hydrogen-bond donors (Lipinski definition) is 2. The molecule has 0 radical (unpaired) electrons. The number of guanidine groups is 1. The van der Waals surface area contributed by atoms with Crippen LogP contribution in [0.5, 0.6) is 11.5 Å². The Kier molecular flexibility index (Phi) is 8.49. The Labute approximate surface area is 179 Å². The van der Waals surface area contributed by atoms with E-state index in [0.717, 1.165) is 0 Å². The summed E-state index contributed by atoms with van der Waals surface area (Å²) in [5.74, 6) is 1.88. The van der Waals surface area contributed by atoms with Gasteiger partial charge in [-0.2, -0.15) is 0 Å². The molecular formula is C21H30N4O4S. The van der Waals surface area contributed by atoms with E-state index in [4.69, 9.17) is 9.47 Å². The molecule has 2 N–H and O–H groups in total. The van der Waals surface area contributed by atoms with E-state index in [1.165, 1.54) is 18.4 Å². The van der Waals surface area contributed by atoms with Crippen molar-refractivity contribution in [2.24, 2.45) is 4.99 Å². The lowest BCUT2D eigenvalue weighted by Gasteiger charge is -2.20. The fraction of sp³-hybridized carbons (Fsp3) is 0.381. The Morgan fingerprint density at radius 1 is 1.07 bits per heavy atom. The fourth-order valence-corrected chi connectivity index (χ4v) is 3.83. The molecule has 0 bridgehead atoms. The minimum Gasteiger partial charge on any atom is -0.493 e. The van der Waals surface area contributed by atoms with Crippen LogP contribution in [0, 0.1) is 0 Å². The zero-order valence-electron chi connectivity index (χ0n) is 18.0. The highest BCUT2D eigenvalue weighted by Crippen LogP contribution is 2.26. The highest BCUT2D eigenvalue weighted by Gasteiger charge is 2.20. The van der Waals surface area contributed by atoms with E-state index in [1.807, 2.05) is 37.3 Å². The summed E-state index contributed by atoms with van der Waals surface area (Å²) in [6.07, 6.45) is -0.152. The minimum absolute atomic E-state index is 0.152. The van der Waals surface area contributed by atoms with Gasteiger partial charge in [0.15, 0.2) is 17.5 Å². The third-order valence-electron chi connectivity index (χ3n) is 4.36. The van der Waals surface area contributed by atoms with Gasteiger partial charge in [-0.1, -0.05) is 30.3 Å². The number of aliphatic imine (C=N–C) groups is 1. The molecule has 1 unspecified atom stereocenters. The first-order valence-electron chi connectivity index (χ1n) is 9.54. The molecule has 8 nitrogen and oxygen atoms in total. The first-order valence-corrected chi connectivity index (χ1v) is 11.0. The lowest BCUT2D eigenvalue weighted by Crippen LogP contribution is -2.41. The van der Waals surface area contributed by atoms with Crippen LogP contribution >= 0.6 is 0 Å². The molecule has 0 saturated carbocycles. The lowest BCUT2D eigenvalue weighted by atomic mass is 10.2. The van der Waals surface area contributed by atoms with Crippen molar-refractivity contribution in [2.75, 3.05) is 34.8 Å². The molecular weight excluding hydrogens is 404 g/mol. The first kappa shape index (κ1) is 23.5. The van der Waals surface area contributed by atoms with Gasteiger partial charge in [-0.3, -0.25) is 4.99 Å². The molecule has 0 aromatic heterocycles. The standard InChI is InChI=1S/C21H30N4O4S/c1-16(29-19-12-8-7-11-18(19)28-5)14-23-21(22-2)24-15-17-10-6-9-13-20(17)30(26,27)25(3)4/h6-13,16H,14-15H2,1-5H3,(H2,22,23,24). The molecule has 9 heteroatoms. The molecule has 0 aliphatic rings. The Morgan fingerprint density at radius 3 is 2.33 bits per heavy atom. The Bertz CT molecular complexity index is 961. The quantitative estimate of drug-likeness (QED) is 0.464. The number of ether oxygens (including phenoxy) is 2. The number of nitrogens with zero attached hydrogens (tertiary/aromatic N) is 2. The summed E-state index contributed by atoms with van der Waals surface area (Å²) in [5, 5.41) is 6.35. The van der Waals surface area contributed by atoms with E-state index in [2.05, 4.69) is 15.6 Å². The number of nitrogens with one attached hydrogen (secondary N) is 2. The molecule has 0 spiro atoms. The molecule has 1 atom stereocenters. The van der Waals surface area contributed by atoms with E-state index in [0.29, 0.717) is 36.1 Å². The predicted molar refractivity (Wildman–Crippen MR) is 119 cm³/mol. The van der Waals surface area contributed by atoms with Crippen LogP contribution in [0.1, 0.15) is 12.5 Å². The van der Waals surface area contributed by atoms with Gasteiger partial charge in [0.2, 0.25) is 10.0 Å². The van der Waals surface area contributed by atoms with Gasteiger partial charge in [0.1, 0.15) is 6.10 Å². The molecule has 2 aromatic carbocycles. The van der Waals surface area contributed by atoms with E-state index >= 15 is 0 Å². The second kappa shape index (κ2) is 10.8. The molecule has 0 amide bonds. The summed E-state index contributed by atoms with van der Waals surface area (Å²) in [6.45, 7) is 2.74. The van der Waals surface area contributed by atoms with Crippen molar-refractivity contribution in [3.05, 3.63) is 54.1 Å². The average molecular weight is 435 g/mol. The van der Waals surface area contributed by atoms with Crippen LogP contribution in [0.3, 0.4) is 0 Å². The van der Waals surface area contributed by atoms with Gasteiger partial charge in [0.25, 0.3) is 0 Å². The number of methoxy groups -OCH3 is 1. The number of hydrogen-bond acceptors (Lipinski definition) is 5. The summed E-state index contributed by atoms with van der Waals surface area (Å²) in [4.78, 5) is 4.47. The molecule has 0 aliphatic heterocycles. The van der Waals surface area contributed by atoms with Gasteiger partial charge < -0.3 is 20.1 Å². The summed E-state index contributed by atoms with van der Waals surface area (Å²) < 4.78 is 37.5. The number of benzene rings is 2. The maximum Gasteiger partial charge on any atom is 0.242 e. The van der Waals surface area contributed by atoms with Crippen molar-refractivity contribution in [3.63, 3.8) is 0 Å². The van der Waals surface area contributed by atoms with Crippen molar-refractivity contribution in [2.45, 2.75) is 24.5 Å². The van der Waals surface area contributed by atoms with Gasteiger partial charge in [-0.15, -0.1) is 0 Å². The van der Waals surface area contributed by atoms with Crippen LogP contribution < -0.4 is 20.1 Å². The molecule has 164 valence electrons. The third-order valence-corrected chi connectivity index (χ3v) is 6.27. The van der Waals surface area contributed by atoms with E-state index in [1.54, 1.807) is 32.4 Å². The topological polar surface area (TPSA) is 92.3 Å². The highest BCUT2D eigenvalue weighted by atomic mass is 32.2. The molecule has 0 fully saturated rings. The maximum absolute atomic E-state index is 12.5. The molecule has 0 aliphatic carbocycles. The van der Waals surface area contributed by atoms with Crippen molar-refractivity contribution in [3.8, 4) is 11.5 Å². The van der Waals surface area contributed by atoms with Crippen LogP contribution in [0.25, 0.3) is 0 Å². The number of rotatable bonds is 9. The Balaban J connectivity index is 1.96. The molecule has 2 aromatic rings. The molecule has 0 heterocycles. The van der Waals surface area contributed by atoms with Gasteiger partial charge >= 0.3 is 0 Å². The van der Waals surface area contributed by atoms with Crippen molar-refractivity contribution < 1.29 is 17.9 Å². The smallest absolute Gasteiger partial charge is 0.242 e. The van der Waals surface area contributed by atoms with Crippen LogP contribution in [0.2, 0.25) is 0 Å². The predicted octanol–water partition coefficient (Wildman–Crippen LogP) is 2.08. The monoisotopic (exact) mass is 434 g/mol. The van der Waals surface area contributed by atoms with Gasteiger partial charge in [0.05, 0.1) is 18.6 Å². The SMILES string of the molecule is CN=C(NCc1ccccc1S(=O)(=O)N(C)C)NCC(C)Oc1ccccc1OC. The van der Waals surface area contributed by atoms with Crippen LogP contribution in [0.4, 0.5) is 0 Å². The van der Waals surface area contributed by atoms with Crippen molar-refractivity contribution >= 4 is 16.0 Å². The molecule has 0 saturated heterocycles. The lowest BCUT2D eigenvalue weighted by molar-refractivity contribution is 0.213. The third kappa shape index (κ3) is 6.11. The Morgan fingerprint density at radius 2 is 1.70 bits per heavy atom. The fourth-order valence-electron chi connectivity index (χ4n) is 2.71. The molecule has 2 rings (SSSR count). The maximum atomic E-state index is 12.5. The van der Waals surface area contributed by atoms with Crippen molar-refractivity contribution in [1.82, 2.24) is 14.9 Å². The van der Waals surface area contributed by atoms with Crippen LogP contribution in [0.15, 0.2) is 58.4 Å². The second-order valence-electron chi connectivity index (χ2n) is 6.78. The normalized spacial score (nSPS) is 13.1. The van der Waals surface area contributed by atoms with Crippen LogP contribution in [-0.2, 0) is 16.6 Å². The first-order chi connectivity index (χ1) is 14.3.